The molecule has 0 N–H and O–H groups in total. The van der Waals surface area contributed by atoms with Gasteiger partial charge < -0.3 is 14.5 Å². The summed E-state index contributed by atoms with van der Waals surface area (Å²) in [6.07, 6.45) is 4.32. The second kappa shape index (κ2) is 7.85. The Bertz CT molecular complexity index is 650. The first kappa shape index (κ1) is 17.7. The fourth-order valence-electron chi connectivity index (χ4n) is 3.73. The molecule has 2 saturated heterocycles. The third-order valence-corrected chi connectivity index (χ3v) is 4.98. The van der Waals surface area contributed by atoms with Crippen molar-refractivity contribution in [2.24, 2.45) is 0 Å². The van der Waals surface area contributed by atoms with Gasteiger partial charge in [0, 0.05) is 32.1 Å². The minimum atomic E-state index is -0.518. The van der Waals surface area contributed by atoms with Crippen LogP contribution in [0.3, 0.4) is 0 Å². The van der Waals surface area contributed by atoms with Crippen LogP contribution >= 0.6 is 0 Å². The van der Waals surface area contributed by atoms with Crippen molar-refractivity contribution in [3.8, 4) is 5.75 Å². The number of hydrogen-bond donors (Lipinski definition) is 0. The molecule has 0 saturated carbocycles. The number of hydrogen-bond acceptors (Lipinski definition) is 3. The molecule has 2 aliphatic heterocycles. The van der Waals surface area contributed by atoms with Crippen LogP contribution < -0.4 is 4.74 Å². The number of para-hydroxylation sites is 1. The molecule has 0 unspecified atom stereocenters. The van der Waals surface area contributed by atoms with Gasteiger partial charge in [-0.15, -0.1) is 0 Å². The van der Waals surface area contributed by atoms with Crippen molar-refractivity contribution in [1.82, 2.24) is 9.80 Å². The lowest BCUT2D eigenvalue weighted by Gasteiger charge is -2.38. The molecule has 0 bridgehead atoms. The number of nitrogens with zero attached hydrogens (tertiary/aromatic N) is 2. The van der Waals surface area contributed by atoms with Crippen LogP contribution in [-0.2, 0) is 4.79 Å². The maximum absolute atomic E-state index is 14.1. The molecule has 2 fully saturated rings. The summed E-state index contributed by atoms with van der Waals surface area (Å²) in [6.45, 7) is 4.04. The molecule has 5 nitrogen and oxygen atoms in total. The van der Waals surface area contributed by atoms with Crippen LogP contribution in [-0.4, -0.2) is 53.9 Å². The number of likely N-dealkylation sites (tertiary alicyclic amines) is 2. The highest BCUT2D eigenvalue weighted by molar-refractivity contribution is 5.97. The summed E-state index contributed by atoms with van der Waals surface area (Å²) in [7, 11) is 0. The summed E-state index contributed by atoms with van der Waals surface area (Å²) >= 11 is 0. The van der Waals surface area contributed by atoms with E-state index in [4.69, 9.17) is 4.74 Å². The second-order valence-corrected chi connectivity index (χ2v) is 6.64. The van der Waals surface area contributed by atoms with E-state index in [0.717, 1.165) is 32.2 Å². The molecule has 3 rings (SSSR count). The number of carbonyl (C=O) groups is 2. The number of rotatable bonds is 5. The summed E-state index contributed by atoms with van der Waals surface area (Å²) in [5.74, 6) is -0.536. The Balaban J connectivity index is 1.81. The molecule has 1 aromatic carbocycles. The molecule has 0 aromatic heterocycles. The Morgan fingerprint density at radius 2 is 2.12 bits per heavy atom. The van der Waals surface area contributed by atoms with Gasteiger partial charge in [0.05, 0.1) is 12.2 Å². The monoisotopic (exact) mass is 348 g/mol. The Morgan fingerprint density at radius 3 is 2.84 bits per heavy atom. The van der Waals surface area contributed by atoms with E-state index in [0.29, 0.717) is 26.1 Å². The van der Waals surface area contributed by atoms with Gasteiger partial charge in [-0.2, -0.15) is 0 Å². The molecule has 2 amide bonds. The topological polar surface area (TPSA) is 49.9 Å². The first-order valence-corrected chi connectivity index (χ1v) is 9.12. The van der Waals surface area contributed by atoms with Gasteiger partial charge in [-0.3, -0.25) is 9.59 Å². The third-order valence-electron chi connectivity index (χ3n) is 4.98. The van der Waals surface area contributed by atoms with Gasteiger partial charge in [-0.1, -0.05) is 6.07 Å². The molecule has 0 spiro atoms. The van der Waals surface area contributed by atoms with Crippen molar-refractivity contribution in [2.75, 3.05) is 26.2 Å². The van der Waals surface area contributed by atoms with E-state index in [1.54, 1.807) is 17.9 Å². The smallest absolute Gasteiger partial charge is 0.258 e. The van der Waals surface area contributed by atoms with Crippen molar-refractivity contribution in [3.63, 3.8) is 0 Å². The van der Waals surface area contributed by atoms with Crippen LogP contribution in [0.5, 0.6) is 5.75 Å². The molecule has 136 valence electrons. The zero-order valence-electron chi connectivity index (χ0n) is 14.7. The van der Waals surface area contributed by atoms with E-state index in [9.17, 15) is 14.0 Å². The average molecular weight is 348 g/mol. The van der Waals surface area contributed by atoms with Gasteiger partial charge in [0.1, 0.15) is 0 Å². The Kier molecular flexibility index (Phi) is 5.56. The molecule has 0 radical (unpaired) electrons. The molecule has 6 heteroatoms. The van der Waals surface area contributed by atoms with Crippen molar-refractivity contribution in [1.29, 1.82) is 0 Å². The number of benzene rings is 1. The van der Waals surface area contributed by atoms with E-state index >= 15 is 0 Å². The van der Waals surface area contributed by atoms with E-state index in [1.807, 2.05) is 4.90 Å². The molecular weight excluding hydrogens is 323 g/mol. The highest BCUT2D eigenvalue weighted by Gasteiger charge is 2.33. The van der Waals surface area contributed by atoms with Crippen molar-refractivity contribution in [3.05, 3.63) is 29.6 Å². The van der Waals surface area contributed by atoms with Gasteiger partial charge in [-0.05, 0) is 44.7 Å². The first-order valence-electron chi connectivity index (χ1n) is 9.12. The maximum Gasteiger partial charge on any atom is 0.258 e. The minimum absolute atomic E-state index is 0.0129. The van der Waals surface area contributed by atoms with Crippen molar-refractivity contribution < 1.29 is 18.7 Å². The lowest BCUT2D eigenvalue weighted by Crippen LogP contribution is -2.49. The lowest BCUT2D eigenvalue weighted by atomic mass is 10.00. The zero-order chi connectivity index (χ0) is 17.8. The van der Waals surface area contributed by atoms with Crippen LogP contribution in [0.4, 0.5) is 4.39 Å². The number of piperidine rings is 1. The first-order chi connectivity index (χ1) is 12.1. The summed E-state index contributed by atoms with van der Waals surface area (Å²) in [5, 5.41) is 0. The lowest BCUT2D eigenvalue weighted by molar-refractivity contribution is -0.128. The van der Waals surface area contributed by atoms with E-state index in [-0.39, 0.29) is 29.2 Å². The molecule has 2 heterocycles. The standard InChI is InChI=1S/C19H25FN2O3/c1-2-25-18-15(8-5-9-16(18)20)19(24)22-12-4-3-7-14(22)13-21-11-6-10-17(21)23/h5,8-9,14H,2-4,6-7,10-13H2,1H3/t14-/m1/s1. The maximum atomic E-state index is 14.1. The highest BCUT2D eigenvalue weighted by Crippen LogP contribution is 2.28. The van der Waals surface area contributed by atoms with Crippen LogP contribution in [0.15, 0.2) is 18.2 Å². The normalized spacial score (nSPS) is 20.9. The van der Waals surface area contributed by atoms with Crippen LogP contribution in [0, 0.1) is 5.82 Å². The quantitative estimate of drug-likeness (QED) is 0.822. The minimum Gasteiger partial charge on any atom is -0.490 e. The van der Waals surface area contributed by atoms with Gasteiger partial charge in [-0.25, -0.2) is 4.39 Å². The Morgan fingerprint density at radius 1 is 1.28 bits per heavy atom. The fourth-order valence-corrected chi connectivity index (χ4v) is 3.73. The van der Waals surface area contributed by atoms with E-state index < -0.39 is 5.82 Å². The van der Waals surface area contributed by atoms with Crippen LogP contribution in [0.25, 0.3) is 0 Å². The zero-order valence-corrected chi connectivity index (χ0v) is 14.7. The molecule has 25 heavy (non-hydrogen) atoms. The Labute approximate surface area is 147 Å². The van der Waals surface area contributed by atoms with Crippen LogP contribution in [0.1, 0.15) is 49.4 Å². The molecule has 1 aromatic rings. The van der Waals surface area contributed by atoms with Gasteiger partial charge in [0.25, 0.3) is 5.91 Å². The van der Waals surface area contributed by atoms with Crippen molar-refractivity contribution in [2.45, 2.75) is 45.1 Å². The number of halogens is 1. The number of carbonyl (C=O) groups excluding carboxylic acids is 2. The third kappa shape index (κ3) is 3.78. The summed E-state index contributed by atoms with van der Waals surface area (Å²) < 4.78 is 19.5. The van der Waals surface area contributed by atoms with E-state index in [2.05, 4.69) is 0 Å². The van der Waals surface area contributed by atoms with Gasteiger partial charge >= 0.3 is 0 Å². The molecule has 0 aliphatic carbocycles. The highest BCUT2D eigenvalue weighted by atomic mass is 19.1. The predicted octanol–water partition coefficient (Wildman–Crippen LogP) is 2.84. The molecular formula is C19H25FN2O3. The summed E-state index contributed by atoms with van der Waals surface area (Å²) in [4.78, 5) is 28.7. The van der Waals surface area contributed by atoms with Crippen molar-refractivity contribution >= 4 is 11.8 Å². The summed E-state index contributed by atoms with van der Waals surface area (Å²) in [5.41, 5.74) is 0.265. The number of ether oxygens (including phenoxy) is 1. The van der Waals surface area contributed by atoms with Gasteiger partial charge in [0.2, 0.25) is 5.91 Å². The predicted molar refractivity (Wildman–Crippen MR) is 92.1 cm³/mol. The molecule has 1 atom stereocenters. The summed E-state index contributed by atoms with van der Waals surface area (Å²) in [6, 6.07) is 4.44. The largest absolute Gasteiger partial charge is 0.490 e. The van der Waals surface area contributed by atoms with E-state index in [1.165, 1.54) is 12.1 Å². The van der Waals surface area contributed by atoms with Crippen LogP contribution in [0.2, 0.25) is 0 Å². The average Bonchev–Trinajstić information content (AvgIpc) is 3.02. The Hall–Kier alpha value is -2.11. The fraction of sp³-hybridized carbons (Fsp3) is 0.579. The molecule has 2 aliphatic rings. The second-order valence-electron chi connectivity index (χ2n) is 6.64. The SMILES string of the molecule is CCOc1c(F)cccc1C(=O)N1CCCC[C@@H]1CN1CCCC1=O. The number of amides is 2. The van der Waals surface area contributed by atoms with Gasteiger partial charge in [0.15, 0.2) is 11.6 Å².